The fourth-order valence-corrected chi connectivity index (χ4v) is 1.42. The van der Waals surface area contributed by atoms with Crippen LogP contribution in [-0.2, 0) is 6.54 Å². The van der Waals surface area contributed by atoms with Crippen LogP contribution in [0.25, 0.3) is 0 Å². The number of rotatable bonds is 3. The summed E-state index contributed by atoms with van der Waals surface area (Å²) in [6.07, 6.45) is 3.69. The minimum atomic E-state index is 0.110. The number of nitrogens with zero attached hydrogens (tertiary/aromatic N) is 4. The van der Waals surface area contributed by atoms with Crippen LogP contribution < -0.4 is 5.73 Å². The average molecular weight is 207 g/mol. The van der Waals surface area contributed by atoms with Crippen molar-refractivity contribution in [2.24, 2.45) is 0 Å². The molecule has 0 saturated heterocycles. The highest BCUT2D eigenvalue weighted by molar-refractivity contribution is 5.06. The van der Waals surface area contributed by atoms with Crippen molar-refractivity contribution < 1.29 is 4.42 Å². The van der Waals surface area contributed by atoms with Crippen molar-refractivity contribution in [3.8, 4) is 0 Å². The van der Waals surface area contributed by atoms with Crippen molar-refractivity contribution in [2.75, 3.05) is 5.73 Å². The topological polar surface area (TPSA) is 82.8 Å². The molecule has 6 heteroatoms. The van der Waals surface area contributed by atoms with Gasteiger partial charge in [0, 0.05) is 18.9 Å². The van der Waals surface area contributed by atoms with Crippen LogP contribution in [0.15, 0.2) is 16.8 Å². The average Bonchev–Trinajstić information content (AvgIpc) is 2.77. The Bertz CT molecular complexity index is 447. The Balaban J connectivity index is 2.10. The standard InChI is InChI=1S/C9H13N5O/c1-6(8-12-13-9(10)15-8)5-14-4-3-11-7(14)2/h3-4,6H,5H2,1-2H3,(H2,10,13). The predicted molar refractivity (Wildman–Crippen MR) is 54.1 cm³/mol. The van der Waals surface area contributed by atoms with Gasteiger partial charge >= 0.3 is 6.01 Å². The summed E-state index contributed by atoms with van der Waals surface area (Å²) in [6.45, 7) is 4.72. The van der Waals surface area contributed by atoms with E-state index in [2.05, 4.69) is 15.2 Å². The fourth-order valence-electron chi connectivity index (χ4n) is 1.42. The van der Waals surface area contributed by atoms with E-state index < -0.39 is 0 Å². The van der Waals surface area contributed by atoms with Gasteiger partial charge in [-0.05, 0) is 6.92 Å². The van der Waals surface area contributed by atoms with Crippen molar-refractivity contribution in [1.29, 1.82) is 0 Å². The second-order valence-electron chi connectivity index (χ2n) is 3.51. The Hall–Kier alpha value is -1.85. The molecule has 80 valence electrons. The van der Waals surface area contributed by atoms with Crippen LogP contribution in [0.4, 0.5) is 6.01 Å². The molecule has 2 rings (SSSR count). The quantitative estimate of drug-likeness (QED) is 0.810. The molecule has 2 N–H and O–H groups in total. The van der Waals surface area contributed by atoms with Crippen molar-refractivity contribution in [2.45, 2.75) is 26.3 Å². The van der Waals surface area contributed by atoms with Gasteiger partial charge in [0.1, 0.15) is 5.82 Å². The normalized spacial score (nSPS) is 12.9. The predicted octanol–water partition coefficient (Wildman–Crippen LogP) is 0.960. The number of imidazole rings is 1. The first-order valence-corrected chi connectivity index (χ1v) is 4.73. The number of nitrogen functional groups attached to an aromatic ring is 1. The number of hydrogen-bond donors (Lipinski definition) is 1. The van der Waals surface area contributed by atoms with Crippen LogP contribution in [0, 0.1) is 6.92 Å². The number of hydrogen-bond acceptors (Lipinski definition) is 5. The van der Waals surface area contributed by atoms with Crippen LogP contribution in [0.1, 0.15) is 24.6 Å². The zero-order valence-electron chi connectivity index (χ0n) is 8.71. The molecule has 0 spiro atoms. The summed E-state index contributed by atoms with van der Waals surface area (Å²) in [5.74, 6) is 1.65. The minimum Gasteiger partial charge on any atom is -0.408 e. The van der Waals surface area contributed by atoms with Gasteiger partial charge in [0.25, 0.3) is 0 Å². The van der Waals surface area contributed by atoms with E-state index in [1.165, 1.54) is 0 Å². The van der Waals surface area contributed by atoms with Gasteiger partial charge in [-0.15, -0.1) is 5.10 Å². The van der Waals surface area contributed by atoms with Crippen LogP contribution in [0.5, 0.6) is 0 Å². The van der Waals surface area contributed by atoms with Crippen LogP contribution in [0.3, 0.4) is 0 Å². The van der Waals surface area contributed by atoms with Crippen LogP contribution in [-0.4, -0.2) is 19.7 Å². The lowest BCUT2D eigenvalue weighted by atomic mass is 10.2. The van der Waals surface area contributed by atoms with Gasteiger partial charge in [-0.3, -0.25) is 0 Å². The zero-order valence-corrected chi connectivity index (χ0v) is 8.71. The lowest BCUT2D eigenvalue weighted by Crippen LogP contribution is -2.07. The first-order valence-electron chi connectivity index (χ1n) is 4.73. The summed E-state index contributed by atoms with van der Waals surface area (Å²) in [5.41, 5.74) is 5.36. The molecule has 1 atom stereocenters. The molecule has 0 radical (unpaired) electrons. The van der Waals surface area contributed by atoms with Gasteiger partial charge in [-0.1, -0.05) is 12.0 Å². The molecule has 2 heterocycles. The second-order valence-corrected chi connectivity index (χ2v) is 3.51. The van der Waals surface area contributed by atoms with Gasteiger partial charge in [-0.25, -0.2) is 4.98 Å². The molecule has 6 nitrogen and oxygen atoms in total. The highest BCUT2D eigenvalue weighted by Crippen LogP contribution is 2.17. The lowest BCUT2D eigenvalue weighted by Gasteiger charge is -2.08. The van der Waals surface area contributed by atoms with Crippen molar-refractivity contribution in [3.63, 3.8) is 0 Å². The van der Waals surface area contributed by atoms with Crippen molar-refractivity contribution in [1.82, 2.24) is 19.7 Å². The smallest absolute Gasteiger partial charge is 0.312 e. The molecule has 2 aromatic rings. The summed E-state index contributed by atoms with van der Waals surface area (Å²) < 4.78 is 7.19. The molecule has 0 aromatic carbocycles. The number of aromatic nitrogens is 4. The van der Waals surface area contributed by atoms with Gasteiger partial charge in [0.2, 0.25) is 5.89 Å². The third kappa shape index (κ3) is 1.98. The van der Waals surface area contributed by atoms with E-state index in [9.17, 15) is 0 Å². The Morgan fingerprint density at radius 3 is 2.87 bits per heavy atom. The van der Waals surface area contributed by atoms with Crippen molar-refractivity contribution >= 4 is 6.01 Å². The van der Waals surface area contributed by atoms with E-state index in [0.717, 1.165) is 12.4 Å². The number of aryl methyl sites for hydroxylation is 1. The first kappa shape index (κ1) is 9.70. The van der Waals surface area contributed by atoms with E-state index in [1.54, 1.807) is 6.20 Å². The summed E-state index contributed by atoms with van der Waals surface area (Å²) in [6, 6.07) is 0.110. The molecule has 0 bridgehead atoms. The zero-order chi connectivity index (χ0) is 10.8. The summed E-state index contributed by atoms with van der Waals surface area (Å²) in [5, 5.41) is 7.48. The molecular formula is C9H13N5O. The van der Waals surface area contributed by atoms with Gasteiger partial charge < -0.3 is 14.7 Å². The van der Waals surface area contributed by atoms with E-state index >= 15 is 0 Å². The van der Waals surface area contributed by atoms with E-state index in [4.69, 9.17) is 10.2 Å². The van der Waals surface area contributed by atoms with E-state index in [0.29, 0.717) is 5.89 Å². The molecule has 0 aliphatic rings. The van der Waals surface area contributed by atoms with Crippen molar-refractivity contribution in [3.05, 3.63) is 24.1 Å². The molecular weight excluding hydrogens is 194 g/mol. The SMILES string of the molecule is Cc1nccn1CC(C)c1nnc(N)o1. The van der Waals surface area contributed by atoms with Gasteiger partial charge in [-0.2, -0.15) is 0 Å². The molecule has 0 fully saturated rings. The van der Waals surface area contributed by atoms with Gasteiger partial charge in [0.15, 0.2) is 0 Å². The highest BCUT2D eigenvalue weighted by Gasteiger charge is 2.14. The Morgan fingerprint density at radius 2 is 2.33 bits per heavy atom. The minimum absolute atomic E-state index is 0.110. The monoisotopic (exact) mass is 207 g/mol. The van der Waals surface area contributed by atoms with Crippen LogP contribution >= 0.6 is 0 Å². The largest absolute Gasteiger partial charge is 0.408 e. The summed E-state index contributed by atoms with van der Waals surface area (Å²) in [4.78, 5) is 4.14. The maximum absolute atomic E-state index is 5.36. The Labute approximate surface area is 87.1 Å². The summed E-state index contributed by atoms with van der Waals surface area (Å²) in [7, 11) is 0. The Morgan fingerprint density at radius 1 is 1.53 bits per heavy atom. The Kier molecular flexibility index (Phi) is 2.40. The molecule has 0 aliphatic heterocycles. The molecule has 0 saturated carbocycles. The second kappa shape index (κ2) is 3.72. The third-order valence-corrected chi connectivity index (χ3v) is 2.27. The maximum Gasteiger partial charge on any atom is 0.312 e. The third-order valence-electron chi connectivity index (χ3n) is 2.27. The molecule has 15 heavy (non-hydrogen) atoms. The first-order chi connectivity index (χ1) is 7.16. The maximum atomic E-state index is 5.36. The molecule has 2 aromatic heterocycles. The molecule has 1 unspecified atom stereocenters. The molecule has 0 aliphatic carbocycles. The van der Waals surface area contributed by atoms with Gasteiger partial charge in [0.05, 0.1) is 5.92 Å². The van der Waals surface area contributed by atoms with E-state index in [1.807, 2.05) is 24.6 Å². The highest BCUT2D eigenvalue weighted by atomic mass is 16.4. The van der Waals surface area contributed by atoms with Crippen LogP contribution in [0.2, 0.25) is 0 Å². The summed E-state index contributed by atoms with van der Waals surface area (Å²) >= 11 is 0. The molecule has 0 amide bonds. The number of nitrogens with two attached hydrogens (primary N) is 1. The number of anilines is 1. The van der Waals surface area contributed by atoms with E-state index in [-0.39, 0.29) is 11.9 Å². The lowest BCUT2D eigenvalue weighted by molar-refractivity contribution is 0.437. The fraction of sp³-hybridized carbons (Fsp3) is 0.444.